The molecule has 0 aliphatic rings. The zero-order valence-corrected chi connectivity index (χ0v) is 14.9. The van der Waals surface area contributed by atoms with Crippen molar-refractivity contribution in [3.05, 3.63) is 90.5 Å². The molecule has 3 aromatic rings. The molecule has 0 aliphatic heterocycles. The normalized spacial score (nSPS) is 10.2. The molecule has 0 N–H and O–H groups in total. The third kappa shape index (κ3) is 4.19. The first kappa shape index (κ1) is 17.5. The van der Waals surface area contributed by atoms with Gasteiger partial charge in [0.2, 0.25) is 0 Å². The van der Waals surface area contributed by atoms with E-state index in [9.17, 15) is 4.79 Å². The summed E-state index contributed by atoms with van der Waals surface area (Å²) in [5.41, 5.74) is 2.74. The molecule has 130 valence electrons. The molecule has 0 bridgehead atoms. The molecule has 3 rings (SSSR count). The van der Waals surface area contributed by atoms with Crippen molar-refractivity contribution in [2.24, 2.45) is 0 Å². The number of hydrogen-bond donors (Lipinski definition) is 0. The number of carbonyl (C=O) groups is 1. The minimum Gasteiger partial charge on any atom is -0.453 e. The van der Waals surface area contributed by atoms with Crippen molar-refractivity contribution in [3.8, 4) is 23.0 Å². The third-order valence-corrected chi connectivity index (χ3v) is 3.91. The number of benzene rings is 3. The highest BCUT2D eigenvalue weighted by atomic mass is 16.5. The van der Waals surface area contributed by atoms with E-state index in [1.54, 1.807) is 24.3 Å². The quantitative estimate of drug-likeness (QED) is 0.478. The average Bonchev–Trinajstić information content (AvgIpc) is 2.64. The van der Waals surface area contributed by atoms with Gasteiger partial charge in [-0.2, -0.15) is 0 Å². The van der Waals surface area contributed by atoms with Gasteiger partial charge in [0.25, 0.3) is 0 Å². The Morgan fingerprint density at radius 2 is 1.12 bits per heavy atom. The van der Waals surface area contributed by atoms with E-state index in [1.807, 2.05) is 55.5 Å². The fourth-order valence-corrected chi connectivity index (χ4v) is 2.44. The van der Waals surface area contributed by atoms with Gasteiger partial charge in [-0.1, -0.05) is 36.4 Å². The molecule has 0 amide bonds. The summed E-state index contributed by atoms with van der Waals surface area (Å²) in [5.74, 6) is 2.61. The predicted molar refractivity (Wildman–Crippen MR) is 104 cm³/mol. The molecule has 0 saturated carbocycles. The van der Waals surface area contributed by atoms with Crippen LogP contribution in [0.1, 0.15) is 29.8 Å². The highest BCUT2D eigenvalue weighted by Gasteiger charge is 2.08. The minimum absolute atomic E-state index is 0.0264. The molecule has 0 atom stereocenters. The smallest absolute Gasteiger partial charge is 0.169 e. The highest BCUT2D eigenvalue weighted by molar-refractivity contribution is 5.94. The predicted octanol–water partition coefficient (Wildman–Crippen LogP) is 6.51. The minimum atomic E-state index is 0.0264. The molecule has 26 heavy (non-hydrogen) atoms. The maximum atomic E-state index is 11.4. The van der Waals surface area contributed by atoms with Crippen LogP contribution in [0.4, 0.5) is 0 Å². The maximum absolute atomic E-state index is 11.4. The van der Waals surface area contributed by atoms with Crippen molar-refractivity contribution in [1.29, 1.82) is 0 Å². The summed E-state index contributed by atoms with van der Waals surface area (Å²) < 4.78 is 11.9. The largest absolute Gasteiger partial charge is 0.453 e. The number of para-hydroxylation sites is 2. The van der Waals surface area contributed by atoms with Gasteiger partial charge in [0.1, 0.15) is 11.5 Å². The van der Waals surface area contributed by atoms with Gasteiger partial charge >= 0.3 is 0 Å². The lowest BCUT2D eigenvalue weighted by Crippen LogP contribution is -1.93. The van der Waals surface area contributed by atoms with Crippen molar-refractivity contribution >= 4 is 11.4 Å². The van der Waals surface area contributed by atoms with Crippen LogP contribution in [0.5, 0.6) is 23.0 Å². The highest BCUT2D eigenvalue weighted by Crippen LogP contribution is 2.34. The van der Waals surface area contributed by atoms with E-state index in [0.717, 1.165) is 16.9 Å². The van der Waals surface area contributed by atoms with Crippen LogP contribution in [0, 0.1) is 0 Å². The van der Waals surface area contributed by atoms with Gasteiger partial charge in [0, 0.05) is 5.56 Å². The Labute approximate surface area is 153 Å². The molecule has 3 nitrogen and oxygen atoms in total. The van der Waals surface area contributed by atoms with Crippen LogP contribution in [-0.2, 0) is 0 Å². The van der Waals surface area contributed by atoms with Gasteiger partial charge in [0.05, 0.1) is 0 Å². The summed E-state index contributed by atoms with van der Waals surface area (Å²) in [6.45, 7) is 7.44. The van der Waals surface area contributed by atoms with E-state index >= 15 is 0 Å². The molecule has 0 spiro atoms. The molecule has 0 radical (unpaired) electrons. The van der Waals surface area contributed by atoms with Gasteiger partial charge in [0.15, 0.2) is 17.3 Å². The first-order chi connectivity index (χ1) is 12.5. The van der Waals surface area contributed by atoms with E-state index in [-0.39, 0.29) is 5.78 Å². The monoisotopic (exact) mass is 344 g/mol. The second-order valence-electron chi connectivity index (χ2n) is 6.04. The topological polar surface area (TPSA) is 35.5 Å². The molecular weight excluding hydrogens is 324 g/mol. The van der Waals surface area contributed by atoms with Crippen LogP contribution in [0.3, 0.4) is 0 Å². The van der Waals surface area contributed by atoms with Crippen LogP contribution in [0.2, 0.25) is 0 Å². The first-order valence-corrected chi connectivity index (χ1v) is 8.34. The molecule has 0 aliphatic carbocycles. The van der Waals surface area contributed by atoms with Crippen molar-refractivity contribution < 1.29 is 14.3 Å². The number of hydrogen-bond acceptors (Lipinski definition) is 3. The second kappa shape index (κ2) is 7.70. The van der Waals surface area contributed by atoms with Crippen LogP contribution < -0.4 is 9.47 Å². The summed E-state index contributed by atoms with van der Waals surface area (Å²) in [7, 11) is 0. The van der Waals surface area contributed by atoms with Crippen LogP contribution in [0.25, 0.3) is 5.57 Å². The number of carbonyl (C=O) groups excluding carboxylic acids is 1. The summed E-state index contributed by atoms with van der Waals surface area (Å²) in [6.07, 6.45) is 0. The summed E-state index contributed by atoms with van der Waals surface area (Å²) in [4.78, 5) is 11.4. The molecule has 0 fully saturated rings. The molecule has 3 heteroatoms. The second-order valence-corrected chi connectivity index (χ2v) is 6.04. The Morgan fingerprint density at radius 1 is 0.692 bits per heavy atom. The molecular formula is C23H20O3. The van der Waals surface area contributed by atoms with Crippen molar-refractivity contribution in [2.45, 2.75) is 13.8 Å². The number of Topliss-reactive ketones (excluding diaryl/α,β-unsaturated/α-hetero) is 1. The van der Waals surface area contributed by atoms with Gasteiger partial charge in [-0.25, -0.2) is 0 Å². The Balaban J connectivity index is 1.79. The lowest BCUT2D eigenvalue weighted by atomic mass is 10.1. The summed E-state index contributed by atoms with van der Waals surface area (Å²) >= 11 is 0. The number of ketones is 1. The number of allylic oxidation sites excluding steroid dienone is 1. The molecule has 0 saturated heterocycles. The van der Waals surface area contributed by atoms with Crippen molar-refractivity contribution in [3.63, 3.8) is 0 Å². The zero-order valence-electron chi connectivity index (χ0n) is 14.9. The van der Waals surface area contributed by atoms with E-state index in [4.69, 9.17) is 9.47 Å². The first-order valence-electron chi connectivity index (χ1n) is 8.34. The van der Waals surface area contributed by atoms with E-state index in [1.165, 1.54) is 6.92 Å². The fourth-order valence-electron chi connectivity index (χ4n) is 2.44. The van der Waals surface area contributed by atoms with E-state index in [0.29, 0.717) is 22.8 Å². The zero-order chi connectivity index (χ0) is 18.5. The lowest BCUT2D eigenvalue weighted by molar-refractivity contribution is 0.101. The van der Waals surface area contributed by atoms with Gasteiger partial charge in [-0.05, 0) is 67.9 Å². The Morgan fingerprint density at radius 3 is 1.50 bits per heavy atom. The van der Waals surface area contributed by atoms with Crippen LogP contribution in [0.15, 0.2) is 79.4 Å². The maximum Gasteiger partial charge on any atom is 0.169 e. The fraction of sp³-hybridized carbons (Fsp3) is 0.0870. The Kier molecular flexibility index (Phi) is 5.18. The van der Waals surface area contributed by atoms with Gasteiger partial charge < -0.3 is 9.47 Å². The lowest BCUT2D eigenvalue weighted by Gasteiger charge is -2.12. The number of rotatable bonds is 6. The summed E-state index contributed by atoms with van der Waals surface area (Å²) in [5, 5.41) is 0. The number of ether oxygens (including phenoxy) is 2. The molecule has 3 aromatic carbocycles. The standard InChI is InChI=1S/C23H20O3/c1-16(2)18-8-12-20(13-9-18)25-22-6-4-5-7-23(22)26-21-14-10-19(11-15-21)17(3)24/h4-15H,1H2,2-3H3. The van der Waals surface area contributed by atoms with Crippen molar-refractivity contribution in [2.75, 3.05) is 0 Å². The van der Waals surface area contributed by atoms with Gasteiger partial charge in [-0.3, -0.25) is 4.79 Å². The van der Waals surface area contributed by atoms with Crippen LogP contribution in [-0.4, -0.2) is 5.78 Å². The van der Waals surface area contributed by atoms with Gasteiger partial charge in [-0.15, -0.1) is 0 Å². The molecule has 0 unspecified atom stereocenters. The Bertz CT molecular complexity index is 844. The third-order valence-electron chi connectivity index (χ3n) is 3.91. The Hall–Kier alpha value is -3.33. The average molecular weight is 344 g/mol. The van der Waals surface area contributed by atoms with E-state index < -0.39 is 0 Å². The summed E-state index contributed by atoms with van der Waals surface area (Å²) in [6, 6.07) is 22.3. The SMILES string of the molecule is C=C(C)c1ccc(Oc2ccccc2Oc2ccc(C(C)=O)cc2)cc1. The van der Waals surface area contributed by atoms with E-state index in [2.05, 4.69) is 6.58 Å². The van der Waals surface area contributed by atoms with Crippen molar-refractivity contribution in [1.82, 2.24) is 0 Å². The molecule has 0 aromatic heterocycles. The molecule has 0 heterocycles. The van der Waals surface area contributed by atoms with Crippen LogP contribution >= 0.6 is 0 Å².